The highest BCUT2D eigenvalue weighted by Gasteiger charge is 2.04. The Morgan fingerprint density at radius 3 is 1.90 bits per heavy atom. The second-order valence-electron chi connectivity index (χ2n) is 8.67. The van der Waals surface area contributed by atoms with E-state index in [1.165, 1.54) is 13.2 Å². The molecule has 0 amide bonds. The number of phenols is 2. The maximum atomic E-state index is 11.7. The van der Waals surface area contributed by atoms with E-state index in [4.69, 9.17) is 19.3 Å². The summed E-state index contributed by atoms with van der Waals surface area (Å²) >= 11 is 0. The number of benzene rings is 4. The monoisotopic (exact) mass is 564 g/mol. The number of aromatic hydroxyl groups is 2. The predicted octanol–water partition coefficient (Wildman–Crippen LogP) is 6.93. The molecule has 0 aliphatic heterocycles. The molecular formula is C35H32O7. The highest BCUT2D eigenvalue weighted by molar-refractivity contribution is 5.89. The molecule has 0 saturated heterocycles. The lowest BCUT2D eigenvalue weighted by Crippen LogP contribution is -2.04. The van der Waals surface area contributed by atoms with Crippen molar-refractivity contribution in [3.8, 4) is 17.2 Å². The van der Waals surface area contributed by atoms with Crippen molar-refractivity contribution in [1.82, 2.24) is 0 Å². The minimum absolute atomic E-state index is 0.0881. The van der Waals surface area contributed by atoms with Crippen LogP contribution in [0.2, 0.25) is 0 Å². The lowest BCUT2D eigenvalue weighted by Gasteiger charge is -2.04. The minimum Gasteiger partial charge on any atom is -0.508 e. The largest absolute Gasteiger partial charge is 0.508 e. The number of esters is 2. The number of hydrogen-bond donors (Lipinski definition) is 2. The van der Waals surface area contributed by atoms with Crippen LogP contribution in [0.3, 0.4) is 0 Å². The second kappa shape index (κ2) is 17.2. The van der Waals surface area contributed by atoms with Crippen LogP contribution in [0.4, 0.5) is 0 Å². The van der Waals surface area contributed by atoms with E-state index in [1.807, 2.05) is 42.5 Å². The molecule has 0 spiro atoms. The maximum absolute atomic E-state index is 11.7. The molecule has 0 atom stereocenters. The second-order valence-corrected chi connectivity index (χ2v) is 8.67. The van der Waals surface area contributed by atoms with Crippen LogP contribution in [0.15, 0.2) is 121 Å². The SMILES string of the molecule is COc1cc(/C=C/COC(=O)c2ccccc2)ccc1O.O=C(/C=C/c1ccccc1)OC/C=C/c1ccc(O)cc1. The smallest absolute Gasteiger partial charge is 0.338 e. The summed E-state index contributed by atoms with van der Waals surface area (Å²) in [5, 5.41) is 18.6. The Bertz CT molecular complexity index is 1490. The Kier molecular flexibility index (Phi) is 12.7. The summed E-state index contributed by atoms with van der Waals surface area (Å²) in [7, 11) is 1.49. The molecule has 4 rings (SSSR count). The summed E-state index contributed by atoms with van der Waals surface area (Å²) in [6, 6.07) is 30.2. The van der Waals surface area contributed by atoms with E-state index < -0.39 is 0 Å². The number of hydrogen-bond acceptors (Lipinski definition) is 7. The number of ether oxygens (including phenoxy) is 3. The van der Waals surface area contributed by atoms with E-state index in [0.717, 1.165) is 16.7 Å². The first-order valence-electron chi connectivity index (χ1n) is 13.1. The summed E-state index contributed by atoms with van der Waals surface area (Å²) in [4.78, 5) is 23.2. The average molecular weight is 565 g/mol. The molecule has 7 nitrogen and oxygen atoms in total. The molecule has 0 radical (unpaired) electrons. The van der Waals surface area contributed by atoms with Crippen LogP contribution < -0.4 is 4.74 Å². The van der Waals surface area contributed by atoms with Crippen molar-refractivity contribution in [1.29, 1.82) is 0 Å². The first kappa shape index (κ1) is 31.0. The number of carbonyl (C=O) groups excluding carboxylic acids is 2. The van der Waals surface area contributed by atoms with Gasteiger partial charge in [0.1, 0.15) is 19.0 Å². The number of phenolic OH excluding ortho intramolecular Hbond substituents is 2. The minimum atomic E-state index is -0.380. The summed E-state index contributed by atoms with van der Waals surface area (Å²) in [6.07, 6.45) is 10.2. The van der Waals surface area contributed by atoms with Crippen LogP contribution in [-0.2, 0) is 14.3 Å². The predicted molar refractivity (Wildman–Crippen MR) is 164 cm³/mol. The van der Waals surface area contributed by atoms with E-state index in [9.17, 15) is 14.7 Å². The Morgan fingerprint density at radius 1 is 0.667 bits per heavy atom. The first-order valence-corrected chi connectivity index (χ1v) is 13.1. The van der Waals surface area contributed by atoms with Crippen molar-refractivity contribution in [3.05, 3.63) is 144 Å². The molecular weight excluding hydrogens is 532 g/mol. The Hall–Kier alpha value is -5.56. The topological polar surface area (TPSA) is 102 Å². The summed E-state index contributed by atoms with van der Waals surface area (Å²) in [5.41, 5.74) is 3.26. The number of methoxy groups -OCH3 is 1. The molecule has 4 aromatic rings. The molecule has 0 bridgehead atoms. The zero-order valence-electron chi connectivity index (χ0n) is 23.1. The van der Waals surface area contributed by atoms with Gasteiger partial charge in [0.2, 0.25) is 0 Å². The standard InChI is InChI=1S/C18H16O3.C17H16O4/c19-17-11-8-16(9-12-17)7-4-14-21-18(20)13-10-15-5-2-1-3-6-15;1-20-16-12-13(9-10-15(16)18)6-5-11-21-17(19)14-7-3-2-4-8-14/h1-13,19H,14H2;2-10,12,18H,11H2,1H3/b7-4+,13-10+;6-5+. The van der Waals surface area contributed by atoms with Crippen LogP contribution in [0.5, 0.6) is 17.2 Å². The van der Waals surface area contributed by atoms with Gasteiger partial charge in [0, 0.05) is 6.08 Å². The molecule has 0 fully saturated rings. The molecule has 0 saturated carbocycles. The van der Waals surface area contributed by atoms with Crippen molar-refractivity contribution in [2.45, 2.75) is 0 Å². The first-order chi connectivity index (χ1) is 20.4. The van der Waals surface area contributed by atoms with Gasteiger partial charge in [-0.1, -0.05) is 78.9 Å². The molecule has 0 aliphatic rings. The third-order valence-electron chi connectivity index (χ3n) is 5.57. The molecule has 0 aromatic heterocycles. The molecule has 214 valence electrons. The number of rotatable bonds is 10. The van der Waals surface area contributed by atoms with Crippen LogP contribution in [0.25, 0.3) is 18.2 Å². The van der Waals surface area contributed by atoms with Gasteiger partial charge in [0.05, 0.1) is 12.7 Å². The third kappa shape index (κ3) is 11.3. The van der Waals surface area contributed by atoms with E-state index in [2.05, 4.69) is 0 Å². The van der Waals surface area contributed by atoms with E-state index >= 15 is 0 Å². The molecule has 7 heteroatoms. The Balaban J connectivity index is 0.000000230. The lowest BCUT2D eigenvalue weighted by molar-refractivity contribution is -0.136. The van der Waals surface area contributed by atoms with Gasteiger partial charge in [-0.2, -0.15) is 0 Å². The Labute approximate surface area is 245 Å². The summed E-state index contributed by atoms with van der Waals surface area (Å²) < 4.78 is 15.2. The van der Waals surface area contributed by atoms with Crippen LogP contribution in [-0.4, -0.2) is 42.5 Å². The molecule has 0 unspecified atom stereocenters. The fourth-order valence-electron chi connectivity index (χ4n) is 3.44. The zero-order chi connectivity index (χ0) is 30.0. The van der Waals surface area contributed by atoms with Gasteiger partial charge in [-0.25, -0.2) is 9.59 Å². The summed E-state index contributed by atoms with van der Waals surface area (Å²) in [6.45, 7) is 0.385. The van der Waals surface area contributed by atoms with E-state index in [-0.39, 0.29) is 36.7 Å². The van der Waals surface area contributed by atoms with Crippen molar-refractivity contribution in [2.75, 3.05) is 20.3 Å². The summed E-state index contributed by atoms with van der Waals surface area (Å²) in [5.74, 6) is -0.0223. The van der Waals surface area contributed by atoms with Crippen molar-refractivity contribution >= 4 is 30.2 Å². The molecule has 42 heavy (non-hydrogen) atoms. The van der Waals surface area contributed by atoms with E-state index in [0.29, 0.717) is 11.3 Å². The van der Waals surface area contributed by atoms with Crippen molar-refractivity contribution in [3.63, 3.8) is 0 Å². The Morgan fingerprint density at radius 2 is 1.24 bits per heavy atom. The van der Waals surface area contributed by atoms with Gasteiger partial charge < -0.3 is 24.4 Å². The van der Waals surface area contributed by atoms with Crippen molar-refractivity contribution in [2.24, 2.45) is 0 Å². The van der Waals surface area contributed by atoms with Crippen molar-refractivity contribution < 1.29 is 34.0 Å². The van der Waals surface area contributed by atoms with Crippen LogP contribution in [0, 0.1) is 0 Å². The van der Waals surface area contributed by atoms with Gasteiger partial charge >= 0.3 is 11.9 Å². The van der Waals surface area contributed by atoms with Gasteiger partial charge in [-0.15, -0.1) is 0 Å². The molecule has 4 aromatic carbocycles. The maximum Gasteiger partial charge on any atom is 0.338 e. The molecule has 0 heterocycles. The molecule has 2 N–H and O–H groups in total. The van der Waals surface area contributed by atoms with E-state index in [1.54, 1.807) is 91.0 Å². The van der Waals surface area contributed by atoms with Gasteiger partial charge in [0.25, 0.3) is 0 Å². The zero-order valence-corrected chi connectivity index (χ0v) is 23.1. The lowest BCUT2D eigenvalue weighted by atomic mass is 10.2. The van der Waals surface area contributed by atoms with Gasteiger partial charge in [0.15, 0.2) is 11.5 Å². The van der Waals surface area contributed by atoms with Gasteiger partial charge in [-0.3, -0.25) is 0 Å². The number of carbonyl (C=O) groups is 2. The normalized spacial score (nSPS) is 10.8. The highest BCUT2D eigenvalue weighted by Crippen LogP contribution is 2.26. The fourth-order valence-corrected chi connectivity index (χ4v) is 3.44. The van der Waals surface area contributed by atoms with Crippen LogP contribution >= 0.6 is 0 Å². The average Bonchev–Trinajstić information content (AvgIpc) is 3.03. The quantitative estimate of drug-likeness (QED) is 0.159. The fraction of sp³-hybridized carbons (Fsp3) is 0.0857. The molecule has 0 aliphatic carbocycles. The van der Waals surface area contributed by atoms with Crippen LogP contribution in [0.1, 0.15) is 27.0 Å². The highest BCUT2D eigenvalue weighted by atomic mass is 16.5. The van der Waals surface area contributed by atoms with Gasteiger partial charge in [-0.05, 0) is 71.3 Å². The third-order valence-corrected chi connectivity index (χ3v) is 5.57.